The van der Waals surface area contributed by atoms with Gasteiger partial charge in [-0.25, -0.2) is 0 Å². The molecule has 1 nitrogen and oxygen atoms in total. The van der Waals surface area contributed by atoms with E-state index in [9.17, 15) is 0 Å². The first-order valence-electron chi connectivity index (χ1n) is 2.71. The molecule has 0 unspecified atom stereocenters. The van der Waals surface area contributed by atoms with E-state index in [1.54, 1.807) is 0 Å². The quantitative estimate of drug-likeness (QED) is 0.605. The van der Waals surface area contributed by atoms with Gasteiger partial charge in [0.15, 0.2) is 0 Å². The summed E-state index contributed by atoms with van der Waals surface area (Å²) in [4.78, 5) is 0.898. The molecular formula is C7H8OS. The van der Waals surface area contributed by atoms with Crippen molar-refractivity contribution < 1.29 is 4.55 Å². The average Bonchev–Trinajstić information content (AvgIpc) is 1.88. The van der Waals surface area contributed by atoms with E-state index in [2.05, 4.69) is 0 Å². The topological polar surface area (TPSA) is 20.2 Å². The summed E-state index contributed by atoms with van der Waals surface area (Å²) in [6.45, 7) is 2.00. The van der Waals surface area contributed by atoms with E-state index >= 15 is 0 Å². The molecule has 0 aliphatic rings. The summed E-state index contributed by atoms with van der Waals surface area (Å²) in [5, 5.41) is 0. The summed E-state index contributed by atoms with van der Waals surface area (Å²) in [7, 11) is 0. The smallest absolute Gasteiger partial charge is 0.0353 e. The zero-order chi connectivity index (χ0) is 6.69. The van der Waals surface area contributed by atoms with Crippen molar-refractivity contribution >= 4 is 12.0 Å². The molecule has 0 bridgehead atoms. The van der Waals surface area contributed by atoms with E-state index in [-0.39, 0.29) is 0 Å². The number of aryl methyl sites for hydroxylation is 1. The molecule has 0 aromatic heterocycles. The molecule has 9 heavy (non-hydrogen) atoms. The molecule has 1 aromatic carbocycles. The summed E-state index contributed by atoms with van der Waals surface area (Å²) in [5.74, 6) is 0. The molecule has 48 valence electrons. The molecule has 1 N–H and O–H groups in total. The Kier molecular flexibility index (Phi) is 2.14. The van der Waals surface area contributed by atoms with Gasteiger partial charge in [-0.15, -0.1) is 0 Å². The lowest BCUT2D eigenvalue weighted by atomic mass is 10.2. The molecule has 0 aliphatic carbocycles. The van der Waals surface area contributed by atoms with Crippen LogP contribution in [-0.2, 0) is 0 Å². The predicted molar refractivity (Wildman–Crippen MR) is 39.7 cm³/mol. The Hall–Kier alpha value is -0.470. The van der Waals surface area contributed by atoms with Crippen LogP contribution in [-0.4, -0.2) is 4.55 Å². The molecular weight excluding hydrogens is 132 g/mol. The second-order valence-corrected chi connectivity index (χ2v) is 2.56. The van der Waals surface area contributed by atoms with Gasteiger partial charge >= 0.3 is 0 Å². The second-order valence-electron chi connectivity index (χ2n) is 1.91. The summed E-state index contributed by atoms with van der Waals surface area (Å²) in [6, 6.07) is 7.73. The van der Waals surface area contributed by atoms with E-state index < -0.39 is 0 Å². The molecule has 0 radical (unpaired) electrons. The Balaban J connectivity index is 2.94. The minimum Gasteiger partial charge on any atom is -0.325 e. The Morgan fingerprint density at radius 1 is 1.44 bits per heavy atom. The van der Waals surface area contributed by atoms with Crippen LogP contribution in [0, 0.1) is 6.92 Å². The Morgan fingerprint density at radius 2 is 2.22 bits per heavy atom. The first-order valence-corrected chi connectivity index (χ1v) is 3.48. The largest absolute Gasteiger partial charge is 0.325 e. The highest BCUT2D eigenvalue weighted by Crippen LogP contribution is 2.14. The summed E-state index contributed by atoms with van der Waals surface area (Å²) < 4.78 is 8.58. The van der Waals surface area contributed by atoms with Crippen molar-refractivity contribution in [2.75, 3.05) is 0 Å². The molecule has 0 aliphatic heterocycles. The summed E-state index contributed by atoms with van der Waals surface area (Å²) in [5.41, 5.74) is 1.18. The molecule has 1 rings (SSSR count). The van der Waals surface area contributed by atoms with Crippen LogP contribution < -0.4 is 0 Å². The number of hydrogen-bond acceptors (Lipinski definition) is 2. The van der Waals surface area contributed by atoms with Gasteiger partial charge in [0.25, 0.3) is 0 Å². The third-order valence-corrected chi connectivity index (χ3v) is 1.56. The number of benzene rings is 1. The van der Waals surface area contributed by atoms with Crippen LogP contribution in [0.2, 0.25) is 0 Å². The summed E-state index contributed by atoms with van der Waals surface area (Å²) >= 11 is 0.783. The first-order chi connectivity index (χ1) is 4.33. The lowest BCUT2D eigenvalue weighted by molar-refractivity contribution is 0.664. The minimum absolute atomic E-state index is 0.783. The van der Waals surface area contributed by atoms with Crippen molar-refractivity contribution in [3.05, 3.63) is 29.8 Å². The molecule has 2 heteroatoms. The maximum atomic E-state index is 8.58. The number of rotatable bonds is 1. The Morgan fingerprint density at radius 3 is 2.67 bits per heavy atom. The predicted octanol–water partition coefficient (Wildman–Crippen LogP) is 2.56. The fraction of sp³-hybridized carbons (Fsp3) is 0.143. The molecule has 0 saturated heterocycles. The normalized spacial score (nSPS) is 9.56. The summed E-state index contributed by atoms with van der Waals surface area (Å²) in [6.07, 6.45) is 0. The van der Waals surface area contributed by atoms with E-state index in [1.807, 2.05) is 31.2 Å². The highest BCUT2D eigenvalue weighted by atomic mass is 32.2. The lowest BCUT2D eigenvalue weighted by Crippen LogP contribution is -1.71. The van der Waals surface area contributed by atoms with E-state index in [4.69, 9.17) is 4.55 Å². The van der Waals surface area contributed by atoms with Crippen molar-refractivity contribution in [3.8, 4) is 0 Å². The molecule has 0 heterocycles. The van der Waals surface area contributed by atoms with E-state index in [0.717, 1.165) is 16.9 Å². The average molecular weight is 140 g/mol. The molecule has 0 fully saturated rings. The molecule has 0 amide bonds. The standard InChI is InChI=1S/C7H8OS/c1-6-3-2-4-7(5-6)9-8/h2-5,8H,1H3. The van der Waals surface area contributed by atoms with Crippen LogP contribution in [0.3, 0.4) is 0 Å². The fourth-order valence-electron chi connectivity index (χ4n) is 0.672. The number of hydrogen-bond donors (Lipinski definition) is 1. The van der Waals surface area contributed by atoms with Crippen molar-refractivity contribution in [2.24, 2.45) is 0 Å². The van der Waals surface area contributed by atoms with Crippen molar-refractivity contribution in [3.63, 3.8) is 0 Å². The van der Waals surface area contributed by atoms with Crippen LogP contribution in [0.15, 0.2) is 29.2 Å². The molecule has 0 atom stereocenters. The Labute approximate surface area is 58.9 Å². The van der Waals surface area contributed by atoms with Gasteiger partial charge in [0.05, 0.1) is 0 Å². The van der Waals surface area contributed by atoms with Gasteiger partial charge in [0, 0.05) is 16.9 Å². The van der Waals surface area contributed by atoms with Crippen molar-refractivity contribution in [1.29, 1.82) is 0 Å². The van der Waals surface area contributed by atoms with Gasteiger partial charge in [0.1, 0.15) is 0 Å². The zero-order valence-corrected chi connectivity index (χ0v) is 5.98. The maximum absolute atomic E-state index is 8.58. The van der Waals surface area contributed by atoms with Gasteiger partial charge in [-0.2, -0.15) is 0 Å². The van der Waals surface area contributed by atoms with Crippen LogP contribution in [0.1, 0.15) is 5.56 Å². The van der Waals surface area contributed by atoms with Gasteiger partial charge in [-0.05, 0) is 24.6 Å². The van der Waals surface area contributed by atoms with Gasteiger partial charge < -0.3 is 4.55 Å². The Bertz CT molecular complexity index is 198. The van der Waals surface area contributed by atoms with Gasteiger partial charge in [-0.3, -0.25) is 0 Å². The second kappa shape index (κ2) is 2.90. The molecule has 1 aromatic rings. The van der Waals surface area contributed by atoms with E-state index in [1.165, 1.54) is 5.56 Å². The van der Waals surface area contributed by atoms with Crippen LogP contribution in [0.5, 0.6) is 0 Å². The minimum atomic E-state index is 0.783. The van der Waals surface area contributed by atoms with Crippen molar-refractivity contribution in [2.45, 2.75) is 11.8 Å². The van der Waals surface area contributed by atoms with E-state index in [0.29, 0.717) is 0 Å². The fourth-order valence-corrected chi connectivity index (χ4v) is 1.05. The zero-order valence-electron chi connectivity index (χ0n) is 5.16. The van der Waals surface area contributed by atoms with Gasteiger partial charge in [0.2, 0.25) is 0 Å². The molecule has 0 spiro atoms. The molecule has 0 saturated carbocycles. The monoisotopic (exact) mass is 140 g/mol. The third kappa shape index (κ3) is 1.73. The van der Waals surface area contributed by atoms with Crippen LogP contribution in [0.4, 0.5) is 0 Å². The lowest BCUT2D eigenvalue weighted by Gasteiger charge is -1.93. The van der Waals surface area contributed by atoms with Crippen LogP contribution >= 0.6 is 12.0 Å². The SMILES string of the molecule is Cc1cccc(SO)c1. The van der Waals surface area contributed by atoms with Crippen molar-refractivity contribution in [1.82, 2.24) is 0 Å². The third-order valence-electron chi connectivity index (χ3n) is 1.09. The van der Waals surface area contributed by atoms with Crippen LogP contribution in [0.25, 0.3) is 0 Å². The van der Waals surface area contributed by atoms with Gasteiger partial charge in [-0.1, -0.05) is 12.1 Å². The highest BCUT2D eigenvalue weighted by molar-refractivity contribution is 7.93. The first kappa shape index (κ1) is 6.65. The maximum Gasteiger partial charge on any atom is 0.0353 e. The highest BCUT2D eigenvalue weighted by Gasteiger charge is 1.88.